The second kappa shape index (κ2) is 6.90. The van der Waals surface area contributed by atoms with Crippen molar-refractivity contribution in [2.75, 3.05) is 20.1 Å². The van der Waals surface area contributed by atoms with Crippen molar-refractivity contribution >= 4 is 17.5 Å². The lowest BCUT2D eigenvalue weighted by Gasteiger charge is -2.30. The Balaban J connectivity index is 1.98. The zero-order chi connectivity index (χ0) is 18.0. The molecule has 1 atom stereocenters. The van der Waals surface area contributed by atoms with Crippen LogP contribution in [0.1, 0.15) is 17.0 Å². The molecule has 1 unspecified atom stereocenters. The Morgan fingerprint density at radius 3 is 2.72 bits per heavy atom. The Morgan fingerprint density at radius 2 is 2.04 bits per heavy atom. The van der Waals surface area contributed by atoms with Gasteiger partial charge < -0.3 is 4.90 Å². The number of carbonyl (C=O) groups is 1. The molecule has 0 saturated carbocycles. The summed E-state index contributed by atoms with van der Waals surface area (Å²) in [5.41, 5.74) is 1.10. The number of nitrogens with zero attached hydrogens (tertiary/aromatic N) is 3. The van der Waals surface area contributed by atoms with Crippen LogP contribution in [0.4, 0.5) is 10.1 Å². The van der Waals surface area contributed by atoms with Gasteiger partial charge >= 0.3 is 0 Å². The van der Waals surface area contributed by atoms with Crippen LogP contribution in [0.25, 0.3) is 6.08 Å². The highest BCUT2D eigenvalue weighted by molar-refractivity contribution is 6.05. The summed E-state index contributed by atoms with van der Waals surface area (Å²) >= 11 is 0. The number of benzene rings is 1. The van der Waals surface area contributed by atoms with Gasteiger partial charge in [0.05, 0.1) is 10.8 Å². The van der Waals surface area contributed by atoms with E-state index in [9.17, 15) is 19.3 Å². The average molecular weight is 341 g/mol. The third-order valence-corrected chi connectivity index (χ3v) is 4.20. The number of halogens is 1. The number of hydrogen-bond acceptors (Lipinski definition) is 5. The third-order valence-electron chi connectivity index (χ3n) is 4.20. The highest BCUT2D eigenvalue weighted by atomic mass is 19.1. The minimum atomic E-state index is -0.598. The largest absolute Gasteiger partial charge is 0.301 e. The summed E-state index contributed by atoms with van der Waals surface area (Å²) in [5.74, 6) is -1.07. The number of likely N-dealkylation sites (tertiary alicyclic amines) is 1. The van der Waals surface area contributed by atoms with Crippen LogP contribution in [0.3, 0.4) is 0 Å². The van der Waals surface area contributed by atoms with Gasteiger partial charge in [0.25, 0.3) is 5.69 Å². The van der Waals surface area contributed by atoms with Crippen molar-refractivity contribution in [3.63, 3.8) is 0 Å². The topological polar surface area (TPSA) is 76.3 Å². The fraction of sp³-hybridized carbons (Fsp3) is 0.222. The molecule has 7 heteroatoms. The van der Waals surface area contributed by atoms with E-state index in [2.05, 4.69) is 4.98 Å². The molecule has 0 amide bonds. The SMILES string of the molecule is CN1CC(=Cc2cc([N+](=O)[O-])ccc2F)C(=O)C(c2ccncc2)C1. The van der Waals surface area contributed by atoms with E-state index < -0.39 is 10.7 Å². The fourth-order valence-electron chi connectivity index (χ4n) is 2.96. The second-order valence-electron chi connectivity index (χ2n) is 6.03. The number of ketones is 1. The number of non-ortho nitro benzene ring substituents is 1. The number of Topliss-reactive ketones (excluding diaryl/α,β-unsaturated/α-hetero) is 1. The lowest BCUT2D eigenvalue weighted by Crippen LogP contribution is -2.38. The number of carbonyl (C=O) groups excluding carboxylic acids is 1. The highest BCUT2D eigenvalue weighted by Crippen LogP contribution is 2.28. The molecule has 1 aliphatic rings. The zero-order valence-corrected chi connectivity index (χ0v) is 13.6. The van der Waals surface area contributed by atoms with Gasteiger partial charge in [0.15, 0.2) is 5.78 Å². The predicted molar refractivity (Wildman–Crippen MR) is 90.5 cm³/mol. The number of aromatic nitrogens is 1. The number of piperidine rings is 1. The van der Waals surface area contributed by atoms with Gasteiger partial charge in [-0.25, -0.2) is 4.39 Å². The summed E-state index contributed by atoms with van der Waals surface area (Å²) in [6.07, 6.45) is 4.66. The number of nitro benzene ring substituents is 1. The Kier molecular flexibility index (Phi) is 4.67. The maximum Gasteiger partial charge on any atom is 0.270 e. The van der Waals surface area contributed by atoms with Gasteiger partial charge in [-0.05, 0) is 36.9 Å². The number of pyridine rings is 1. The van der Waals surface area contributed by atoms with Crippen LogP contribution in [-0.4, -0.2) is 40.7 Å². The summed E-state index contributed by atoms with van der Waals surface area (Å²) in [6.45, 7) is 0.917. The summed E-state index contributed by atoms with van der Waals surface area (Å²) < 4.78 is 14.0. The lowest BCUT2D eigenvalue weighted by atomic mass is 9.86. The van der Waals surface area contributed by atoms with E-state index in [0.29, 0.717) is 18.7 Å². The Morgan fingerprint density at radius 1 is 1.32 bits per heavy atom. The van der Waals surface area contributed by atoms with E-state index in [1.54, 1.807) is 24.5 Å². The van der Waals surface area contributed by atoms with Crippen LogP contribution in [0.2, 0.25) is 0 Å². The summed E-state index contributed by atoms with van der Waals surface area (Å²) in [4.78, 5) is 29.1. The Hall–Kier alpha value is -2.93. The molecule has 0 aliphatic carbocycles. The van der Waals surface area contributed by atoms with Gasteiger partial charge in [-0.2, -0.15) is 0 Å². The molecular formula is C18H16FN3O3. The first-order valence-electron chi connectivity index (χ1n) is 7.73. The molecule has 6 nitrogen and oxygen atoms in total. The molecule has 3 rings (SSSR count). The van der Waals surface area contributed by atoms with E-state index >= 15 is 0 Å². The molecule has 2 aromatic rings. The minimum absolute atomic E-state index is 0.0429. The molecular weight excluding hydrogens is 325 g/mol. The standard InChI is InChI=1S/C18H16FN3O3/c1-21-10-14(8-13-9-15(22(24)25)2-3-17(13)19)18(23)16(11-21)12-4-6-20-7-5-12/h2-9,16H,10-11H2,1H3. The van der Waals surface area contributed by atoms with E-state index in [4.69, 9.17) is 0 Å². The van der Waals surface area contributed by atoms with Gasteiger partial charge in [0.2, 0.25) is 0 Å². The summed E-state index contributed by atoms with van der Waals surface area (Å²) in [6, 6.07) is 6.86. The number of nitro groups is 1. The predicted octanol–water partition coefficient (Wildman–Crippen LogP) is 2.81. The van der Waals surface area contributed by atoms with Crippen molar-refractivity contribution in [2.24, 2.45) is 0 Å². The molecule has 0 N–H and O–H groups in total. The first-order valence-corrected chi connectivity index (χ1v) is 7.73. The number of hydrogen-bond donors (Lipinski definition) is 0. The van der Waals surface area contributed by atoms with Crippen molar-refractivity contribution in [1.29, 1.82) is 0 Å². The molecule has 128 valence electrons. The minimum Gasteiger partial charge on any atom is -0.301 e. The monoisotopic (exact) mass is 341 g/mol. The van der Waals surface area contributed by atoms with Gasteiger partial charge in [0.1, 0.15) is 5.82 Å². The summed E-state index contributed by atoms with van der Waals surface area (Å²) in [7, 11) is 1.87. The van der Waals surface area contributed by atoms with Crippen molar-refractivity contribution in [3.05, 3.63) is 75.4 Å². The maximum absolute atomic E-state index is 14.0. The molecule has 2 heterocycles. The summed E-state index contributed by atoms with van der Waals surface area (Å²) in [5, 5.41) is 10.9. The molecule has 1 aliphatic heterocycles. The van der Waals surface area contributed by atoms with Crippen molar-refractivity contribution in [3.8, 4) is 0 Å². The van der Waals surface area contributed by atoms with Crippen LogP contribution in [-0.2, 0) is 4.79 Å². The molecule has 0 spiro atoms. The van der Waals surface area contributed by atoms with Crippen LogP contribution in [0.15, 0.2) is 48.3 Å². The Bertz CT molecular complexity index is 852. The van der Waals surface area contributed by atoms with Gasteiger partial charge in [-0.15, -0.1) is 0 Å². The van der Waals surface area contributed by atoms with E-state index in [1.807, 2.05) is 11.9 Å². The Labute approximate surface area is 143 Å². The van der Waals surface area contributed by atoms with Crippen LogP contribution >= 0.6 is 0 Å². The van der Waals surface area contributed by atoms with Gasteiger partial charge in [-0.3, -0.25) is 19.9 Å². The third kappa shape index (κ3) is 3.61. The van der Waals surface area contributed by atoms with E-state index in [-0.39, 0.29) is 23.0 Å². The lowest BCUT2D eigenvalue weighted by molar-refractivity contribution is -0.384. The smallest absolute Gasteiger partial charge is 0.270 e. The van der Waals surface area contributed by atoms with Crippen molar-refractivity contribution in [2.45, 2.75) is 5.92 Å². The van der Waals surface area contributed by atoms with Crippen LogP contribution < -0.4 is 0 Å². The van der Waals surface area contributed by atoms with Crippen molar-refractivity contribution < 1.29 is 14.1 Å². The zero-order valence-electron chi connectivity index (χ0n) is 13.6. The maximum atomic E-state index is 14.0. The van der Waals surface area contributed by atoms with Gasteiger partial charge in [-0.1, -0.05) is 0 Å². The van der Waals surface area contributed by atoms with Crippen LogP contribution in [0, 0.1) is 15.9 Å². The van der Waals surface area contributed by atoms with Gasteiger partial charge in [0, 0.05) is 48.8 Å². The highest BCUT2D eigenvalue weighted by Gasteiger charge is 2.30. The van der Waals surface area contributed by atoms with E-state index in [1.165, 1.54) is 6.08 Å². The quantitative estimate of drug-likeness (QED) is 0.487. The molecule has 1 aromatic heterocycles. The first-order chi connectivity index (χ1) is 12.0. The fourth-order valence-corrected chi connectivity index (χ4v) is 2.96. The molecule has 25 heavy (non-hydrogen) atoms. The number of rotatable bonds is 3. The van der Waals surface area contributed by atoms with E-state index in [0.717, 1.165) is 23.8 Å². The molecule has 1 aromatic carbocycles. The second-order valence-corrected chi connectivity index (χ2v) is 6.03. The number of likely N-dealkylation sites (N-methyl/N-ethyl adjacent to an activating group) is 1. The first kappa shape index (κ1) is 16.9. The van der Waals surface area contributed by atoms with Crippen LogP contribution in [0.5, 0.6) is 0 Å². The molecule has 1 fully saturated rings. The molecule has 0 radical (unpaired) electrons. The molecule has 1 saturated heterocycles. The van der Waals surface area contributed by atoms with Crippen molar-refractivity contribution in [1.82, 2.24) is 9.88 Å². The normalized spacial score (nSPS) is 20.0. The average Bonchev–Trinajstić information content (AvgIpc) is 2.60. The molecule has 0 bridgehead atoms.